The van der Waals surface area contributed by atoms with Crippen molar-refractivity contribution in [2.24, 2.45) is 5.73 Å². The predicted molar refractivity (Wildman–Crippen MR) is 73.3 cm³/mol. The Balaban J connectivity index is 0.00000256. The Morgan fingerprint density at radius 1 is 1.29 bits per heavy atom. The van der Waals surface area contributed by atoms with Crippen LogP contribution in [-0.2, 0) is 11.2 Å². The van der Waals surface area contributed by atoms with Crippen LogP contribution in [0.25, 0.3) is 0 Å². The first-order valence-electron chi connectivity index (χ1n) is 5.72. The zero-order valence-electron chi connectivity index (χ0n) is 10.3. The van der Waals surface area contributed by atoms with Crippen molar-refractivity contribution in [3.8, 4) is 0 Å². The van der Waals surface area contributed by atoms with Gasteiger partial charge < -0.3 is 10.6 Å². The van der Waals surface area contributed by atoms with Gasteiger partial charge in [-0.3, -0.25) is 4.79 Å². The maximum absolute atomic E-state index is 11.6. The summed E-state index contributed by atoms with van der Waals surface area (Å²) in [6.07, 6.45) is 2.24. The molecule has 0 aliphatic carbocycles. The highest BCUT2D eigenvalue weighted by atomic mass is 35.5. The number of hydrogen-bond acceptors (Lipinski definition) is 2. The molecule has 0 aliphatic rings. The first-order valence-corrected chi connectivity index (χ1v) is 5.72. The molecule has 4 heteroatoms. The number of likely N-dealkylation sites (N-methyl/N-ethyl adjacent to an activating group) is 1. The number of halogens is 1. The molecule has 0 unspecified atom stereocenters. The van der Waals surface area contributed by atoms with Crippen LogP contribution in [0.5, 0.6) is 0 Å². The maximum atomic E-state index is 11.6. The van der Waals surface area contributed by atoms with Crippen LogP contribution in [0.3, 0.4) is 0 Å². The zero-order chi connectivity index (χ0) is 11.8. The molecule has 0 bridgehead atoms. The fraction of sp³-hybridized carbons (Fsp3) is 0.462. The first-order chi connectivity index (χ1) is 7.74. The van der Waals surface area contributed by atoms with E-state index in [1.54, 1.807) is 4.90 Å². The molecule has 0 spiro atoms. The minimum absolute atomic E-state index is 0. The third kappa shape index (κ3) is 6.29. The minimum atomic E-state index is 0. The Bertz CT molecular complexity index is 316. The highest BCUT2D eigenvalue weighted by Crippen LogP contribution is 2.02. The zero-order valence-corrected chi connectivity index (χ0v) is 11.1. The molecule has 0 heterocycles. The van der Waals surface area contributed by atoms with Crippen LogP contribution >= 0.6 is 12.4 Å². The molecule has 3 nitrogen and oxygen atoms in total. The van der Waals surface area contributed by atoms with Gasteiger partial charge in [-0.25, -0.2) is 0 Å². The number of hydrogen-bond donors (Lipinski definition) is 1. The summed E-state index contributed by atoms with van der Waals surface area (Å²) in [6, 6.07) is 10.2. The lowest BCUT2D eigenvalue weighted by Gasteiger charge is -2.16. The second-order valence-electron chi connectivity index (χ2n) is 3.94. The number of nitrogens with two attached hydrogens (primary N) is 1. The van der Waals surface area contributed by atoms with Crippen molar-refractivity contribution in [3.05, 3.63) is 35.9 Å². The normalized spacial score (nSPS) is 9.53. The van der Waals surface area contributed by atoms with Gasteiger partial charge in [0.2, 0.25) is 5.91 Å². The van der Waals surface area contributed by atoms with Gasteiger partial charge in [-0.2, -0.15) is 0 Å². The largest absolute Gasteiger partial charge is 0.345 e. The van der Waals surface area contributed by atoms with Crippen molar-refractivity contribution < 1.29 is 4.79 Å². The van der Waals surface area contributed by atoms with E-state index in [4.69, 9.17) is 5.73 Å². The molecule has 96 valence electrons. The summed E-state index contributed by atoms with van der Waals surface area (Å²) < 4.78 is 0. The smallest absolute Gasteiger partial charge is 0.222 e. The molecule has 1 amide bonds. The van der Waals surface area contributed by atoms with Gasteiger partial charge in [0.1, 0.15) is 0 Å². The molecule has 1 aromatic carbocycles. The molecule has 2 N–H and O–H groups in total. The summed E-state index contributed by atoms with van der Waals surface area (Å²) >= 11 is 0. The fourth-order valence-electron chi connectivity index (χ4n) is 1.51. The molecule has 0 aliphatic heterocycles. The van der Waals surface area contributed by atoms with Gasteiger partial charge >= 0.3 is 0 Å². The molecule has 1 rings (SSSR count). The summed E-state index contributed by atoms with van der Waals surface area (Å²) in [5.74, 6) is 0.182. The van der Waals surface area contributed by atoms with Crippen LogP contribution < -0.4 is 5.73 Å². The molecule has 0 atom stereocenters. The van der Waals surface area contributed by atoms with Gasteiger partial charge in [-0.1, -0.05) is 30.3 Å². The lowest BCUT2D eigenvalue weighted by Crippen LogP contribution is -2.29. The Hall–Kier alpha value is -1.06. The Labute approximate surface area is 109 Å². The molecule has 0 saturated carbocycles. The van der Waals surface area contributed by atoms with Gasteiger partial charge in [0.05, 0.1) is 0 Å². The van der Waals surface area contributed by atoms with Crippen molar-refractivity contribution in [3.63, 3.8) is 0 Å². The van der Waals surface area contributed by atoms with Gasteiger partial charge in [-0.05, 0) is 24.9 Å². The van der Waals surface area contributed by atoms with Gasteiger partial charge in [0.15, 0.2) is 0 Å². The topological polar surface area (TPSA) is 46.3 Å². The van der Waals surface area contributed by atoms with Crippen LogP contribution in [0.15, 0.2) is 30.3 Å². The third-order valence-electron chi connectivity index (χ3n) is 2.60. The van der Waals surface area contributed by atoms with E-state index in [-0.39, 0.29) is 18.3 Å². The van der Waals surface area contributed by atoms with E-state index in [2.05, 4.69) is 12.1 Å². The standard InChI is InChI=1S/C13H20N2O.ClH/c1-15(13(16)8-5-10-14)11-9-12-6-3-2-4-7-12;/h2-4,6-7H,5,8-11,14H2,1H3;1H. The number of nitrogens with zero attached hydrogens (tertiary/aromatic N) is 1. The third-order valence-corrected chi connectivity index (χ3v) is 2.60. The molecule has 0 saturated heterocycles. The van der Waals surface area contributed by atoms with Gasteiger partial charge in [0, 0.05) is 20.0 Å². The lowest BCUT2D eigenvalue weighted by molar-refractivity contribution is -0.129. The average molecular weight is 257 g/mol. The van der Waals surface area contributed by atoms with Gasteiger partial charge in [-0.15, -0.1) is 12.4 Å². The van der Waals surface area contributed by atoms with E-state index >= 15 is 0 Å². The van der Waals surface area contributed by atoms with Crippen molar-refractivity contribution in [2.75, 3.05) is 20.1 Å². The summed E-state index contributed by atoms with van der Waals surface area (Å²) in [7, 11) is 1.85. The SMILES string of the molecule is CN(CCc1ccccc1)C(=O)CCCN.Cl. The second-order valence-corrected chi connectivity index (χ2v) is 3.94. The fourth-order valence-corrected chi connectivity index (χ4v) is 1.51. The number of carbonyl (C=O) groups is 1. The van der Waals surface area contributed by atoms with Crippen LogP contribution in [0.4, 0.5) is 0 Å². The maximum Gasteiger partial charge on any atom is 0.222 e. The van der Waals surface area contributed by atoms with Crippen molar-refractivity contribution >= 4 is 18.3 Å². The predicted octanol–water partition coefficient (Wildman–Crippen LogP) is 1.85. The van der Waals surface area contributed by atoms with Crippen LogP contribution in [-0.4, -0.2) is 30.9 Å². The van der Waals surface area contributed by atoms with Crippen LogP contribution in [0, 0.1) is 0 Å². The number of carbonyl (C=O) groups excluding carboxylic acids is 1. The summed E-state index contributed by atoms with van der Waals surface area (Å²) in [5, 5.41) is 0. The average Bonchev–Trinajstić information content (AvgIpc) is 2.34. The lowest BCUT2D eigenvalue weighted by atomic mass is 10.1. The molecule has 0 radical (unpaired) electrons. The Kier molecular flexibility index (Phi) is 8.46. The summed E-state index contributed by atoms with van der Waals surface area (Å²) in [4.78, 5) is 13.4. The second kappa shape index (κ2) is 9.02. The van der Waals surface area contributed by atoms with Crippen molar-refractivity contribution in [1.29, 1.82) is 0 Å². The van der Waals surface area contributed by atoms with E-state index in [1.165, 1.54) is 5.56 Å². The molecular formula is C13H21ClN2O. The Morgan fingerprint density at radius 3 is 2.53 bits per heavy atom. The van der Waals surface area contributed by atoms with E-state index in [9.17, 15) is 4.79 Å². The van der Waals surface area contributed by atoms with E-state index in [0.717, 1.165) is 19.4 Å². The highest BCUT2D eigenvalue weighted by Gasteiger charge is 2.07. The first kappa shape index (κ1) is 15.9. The van der Waals surface area contributed by atoms with E-state index in [0.29, 0.717) is 13.0 Å². The monoisotopic (exact) mass is 256 g/mol. The van der Waals surface area contributed by atoms with E-state index in [1.807, 2.05) is 25.2 Å². The number of amides is 1. The number of benzene rings is 1. The molecule has 17 heavy (non-hydrogen) atoms. The van der Waals surface area contributed by atoms with Crippen molar-refractivity contribution in [2.45, 2.75) is 19.3 Å². The van der Waals surface area contributed by atoms with Crippen LogP contribution in [0.2, 0.25) is 0 Å². The number of rotatable bonds is 6. The van der Waals surface area contributed by atoms with Crippen molar-refractivity contribution in [1.82, 2.24) is 4.90 Å². The molecular weight excluding hydrogens is 236 g/mol. The molecule has 1 aromatic rings. The van der Waals surface area contributed by atoms with Gasteiger partial charge in [0.25, 0.3) is 0 Å². The van der Waals surface area contributed by atoms with E-state index < -0.39 is 0 Å². The molecule has 0 fully saturated rings. The van der Waals surface area contributed by atoms with Crippen LogP contribution in [0.1, 0.15) is 18.4 Å². The molecule has 0 aromatic heterocycles. The summed E-state index contributed by atoms with van der Waals surface area (Å²) in [6.45, 7) is 1.35. The quantitative estimate of drug-likeness (QED) is 0.844. The summed E-state index contributed by atoms with van der Waals surface area (Å²) in [5.41, 5.74) is 6.64. The highest BCUT2D eigenvalue weighted by molar-refractivity contribution is 5.85. The Morgan fingerprint density at radius 2 is 1.94 bits per heavy atom. The minimum Gasteiger partial charge on any atom is -0.345 e.